The maximum absolute atomic E-state index is 14.5. The van der Waals surface area contributed by atoms with Crippen LogP contribution < -0.4 is 10.1 Å². The van der Waals surface area contributed by atoms with E-state index in [2.05, 4.69) is 26.4 Å². The van der Waals surface area contributed by atoms with E-state index in [4.69, 9.17) is 38.7 Å². The molecule has 3 rings (SSSR count). The number of aromatic nitrogens is 1. The van der Waals surface area contributed by atoms with E-state index < -0.39 is 11.8 Å². The molecule has 0 atom stereocenters. The van der Waals surface area contributed by atoms with Crippen LogP contribution >= 0.6 is 0 Å². The Hall–Kier alpha value is -4.08. The predicted molar refractivity (Wildman–Crippen MR) is 179 cm³/mol. The number of carbonyl (C=O) groups excluding carboxylic acids is 2. The zero-order valence-corrected chi connectivity index (χ0v) is 27.7. The molecule has 15 heteroatoms. The number of hydrogen-bond acceptors (Lipinski definition) is 10. The molecule has 2 aromatic carbocycles. The van der Waals surface area contributed by atoms with Gasteiger partial charge in [-0.25, -0.2) is 4.39 Å². The highest BCUT2D eigenvalue weighted by molar-refractivity contribution is 5.83. The van der Waals surface area contributed by atoms with Gasteiger partial charge in [0.15, 0.2) is 11.6 Å². The maximum atomic E-state index is 14.5. The number of hydrogen-bond donors (Lipinski definition) is 2. The summed E-state index contributed by atoms with van der Waals surface area (Å²) in [7, 11) is 0. The topological polar surface area (TPSA) is 175 Å². The first kappa shape index (κ1) is 39.4. The Bertz CT molecular complexity index is 1430. The Kier molecular flexibility index (Phi) is 20.1. The lowest BCUT2D eigenvalue weighted by molar-refractivity contribution is -0.136. The van der Waals surface area contributed by atoms with Crippen molar-refractivity contribution in [2.45, 2.75) is 32.2 Å². The van der Waals surface area contributed by atoms with Crippen LogP contribution in [0.4, 0.5) is 4.39 Å². The van der Waals surface area contributed by atoms with Gasteiger partial charge in [-0.15, -0.1) is 0 Å². The van der Waals surface area contributed by atoms with E-state index in [1.807, 2.05) is 24.4 Å². The van der Waals surface area contributed by atoms with E-state index in [0.29, 0.717) is 91.0 Å². The van der Waals surface area contributed by atoms with Crippen LogP contribution in [-0.4, -0.2) is 103 Å². The van der Waals surface area contributed by atoms with Crippen LogP contribution in [0.25, 0.3) is 21.3 Å². The summed E-state index contributed by atoms with van der Waals surface area (Å²) >= 11 is 0. The molecule has 1 amide bonds. The summed E-state index contributed by atoms with van der Waals surface area (Å²) in [6, 6.07) is 12.3. The van der Waals surface area contributed by atoms with Crippen LogP contribution in [0.15, 0.2) is 53.8 Å². The third-order valence-electron chi connectivity index (χ3n) is 6.94. The molecule has 0 unspecified atom stereocenters. The van der Waals surface area contributed by atoms with Crippen molar-refractivity contribution in [2.24, 2.45) is 5.11 Å². The van der Waals surface area contributed by atoms with Crippen LogP contribution in [-0.2, 0) is 51.0 Å². The Balaban J connectivity index is 1.11. The van der Waals surface area contributed by atoms with Gasteiger partial charge in [-0.2, -0.15) is 0 Å². The van der Waals surface area contributed by atoms with Crippen LogP contribution in [0.1, 0.15) is 30.4 Å². The molecule has 0 aliphatic carbocycles. The normalized spacial score (nSPS) is 11.0. The van der Waals surface area contributed by atoms with Crippen molar-refractivity contribution in [2.75, 3.05) is 85.8 Å². The van der Waals surface area contributed by atoms with Gasteiger partial charge >= 0.3 is 5.97 Å². The smallest absolute Gasteiger partial charge is 0.313 e. The van der Waals surface area contributed by atoms with Crippen molar-refractivity contribution < 1.29 is 47.1 Å². The summed E-state index contributed by atoms with van der Waals surface area (Å²) in [5.41, 5.74) is 11.0. The van der Waals surface area contributed by atoms with Gasteiger partial charge in [0.05, 0.1) is 85.7 Å². The number of nitrogens with one attached hydrogen (secondary N) is 2. The molecule has 49 heavy (non-hydrogen) atoms. The van der Waals surface area contributed by atoms with Crippen molar-refractivity contribution in [3.63, 3.8) is 0 Å². The number of H-pyrrole nitrogens is 1. The summed E-state index contributed by atoms with van der Waals surface area (Å²) in [5.74, 6) is -1.60. The SMILES string of the molecule is [N-]=[N+]=NCCOCCOCCOCCOCCOCCOCCC(=O)Oc1ccc(CNC(=O)CCCc2c[nH]c3ccccc23)cc1F. The fraction of sp³-hybridized carbons (Fsp3) is 0.529. The zero-order chi connectivity index (χ0) is 34.8. The largest absolute Gasteiger partial charge is 0.423 e. The van der Waals surface area contributed by atoms with Crippen molar-refractivity contribution in [1.29, 1.82) is 0 Å². The molecule has 268 valence electrons. The Labute approximate surface area is 285 Å². The minimum absolute atomic E-state index is 0.0450. The van der Waals surface area contributed by atoms with Crippen LogP contribution in [0.3, 0.4) is 0 Å². The van der Waals surface area contributed by atoms with Gasteiger partial charge in [0.25, 0.3) is 0 Å². The summed E-state index contributed by atoms with van der Waals surface area (Å²) in [5, 5.41) is 7.33. The molecule has 0 saturated carbocycles. The molecule has 0 aliphatic heterocycles. The first-order valence-corrected chi connectivity index (χ1v) is 16.3. The Morgan fingerprint density at radius 1 is 0.796 bits per heavy atom. The second-order valence-corrected chi connectivity index (χ2v) is 10.6. The zero-order valence-electron chi connectivity index (χ0n) is 27.7. The van der Waals surface area contributed by atoms with Gasteiger partial charge in [-0.3, -0.25) is 9.59 Å². The van der Waals surface area contributed by atoms with Gasteiger partial charge in [0.1, 0.15) is 0 Å². The molecule has 0 fully saturated rings. The summed E-state index contributed by atoms with van der Waals surface area (Å²) < 4.78 is 51.8. The maximum Gasteiger partial charge on any atom is 0.313 e. The van der Waals surface area contributed by atoms with Crippen molar-refractivity contribution in [1.82, 2.24) is 10.3 Å². The van der Waals surface area contributed by atoms with E-state index in [-0.39, 0.29) is 37.8 Å². The van der Waals surface area contributed by atoms with Gasteiger partial charge < -0.3 is 43.5 Å². The third kappa shape index (κ3) is 17.2. The number of aromatic amines is 1. The van der Waals surface area contributed by atoms with Gasteiger partial charge in [-0.1, -0.05) is 29.4 Å². The van der Waals surface area contributed by atoms with Gasteiger partial charge in [-0.05, 0) is 47.7 Å². The summed E-state index contributed by atoms with van der Waals surface area (Å²) in [4.78, 5) is 30.3. The standard InChI is InChI=1S/C34H46FN5O9/c35-30-24-27(25-38-33(41)7-3-4-28-26-37-31-6-2-1-5-29(28)31)8-9-32(30)49-34(42)10-12-43-14-16-45-18-20-47-22-23-48-21-19-46-17-15-44-13-11-39-40-36/h1-2,5-6,8-9,24,26,37H,3-4,7,10-23,25H2,(H,38,41). The average molecular weight is 688 g/mol. The quantitative estimate of drug-likeness (QED) is 0.0275. The molecule has 14 nitrogen and oxygen atoms in total. The molecule has 0 saturated heterocycles. The van der Waals surface area contributed by atoms with E-state index in [9.17, 15) is 14.0 Å². The van der Waals surface area contributed by atoms with Crippen molar-refractivity contribution >= 4 is 22.8 Å². The number of esters is 1. The number of carbonyl (C=O) groups is 2. The van der Waals surface area contributed by atoms with E-state index >= 15 is 0 Å². The molecule has 3 aromatic rings. The number of rotatable bonds is 28. The molecule has 0 radical (unpaired) electrons. The minimum Gasteiger partial charge on any atom is -0.423 e. The highest BCUT2D eigenvalue weighted by Gasteiger charge is 2.12. The molecule has 0 bridgehead atoms. The first-order chi connectivity index (χ1) is 24.1. The number of aryl methyl sites for hydroxylation is 1. The van der Waals surface area contributed by atoms with E-state index in [0.717, 1.165) is 17.3 Å². The molecule has 0 spiro atoms. The van der Waals surface area contributed by atoms with E-state index in [1.165, 1.54) is 17.7 Å². The van der Waals surface area contributed by atoms with Crippen molar-refractivity contribution in [3.8, 4) is 5.75 Å². The number of azide groups is 1. The van der Waals surface area contributed by atoms with Crippen molar-refractivity contribution in [3.05, 3.63) is 76.0 Å². The predicted octanol–water partition coefficient (Wildman–Crippen LogP) is 4.65. The summed E-state index contributed by atoms with van der Waals surface area (Å²) in [6.45, 7) is 4.99. The second-order valence-electron chi connectivity index (χ2n) is 10.6. The fourth-order valence-electron chi connectivity index (χ4n) is 4.48. The van der Waals surface area contributed by atoms with Gasteiger partial charge in [0, 0.05) is 41.5 Å². The number of ether oxygens (including phenoxy) is 7. The number of fused-ring (bicyclic) bond motifs is 1. The second kappa shape index (κ2) is 25.0. The fourth-order valence-corrected chi connectivity index (χ4v) is 4.48. The molecule has 1 aromatic heterocycles. The lowest BCUT2D eigenvalue weighted by atomic mass is 10.1. The molecular formula is C34H46FN5O9. The van der Waals surface area contributed by atoms with Crippen LogP contribution in [0, 0.1) is 5.82 Å². The highest BCUT2D eigenvalue weighted by Crippen LogP contribution is 2.20. The van der Waals surface area contributed by atoms with Gasteiger partial charge in [0.2, 0.25) is 5.91 Å². The minimum atomic E-state index is -0.685. The Morgan fingerprint density at radius 3 is 2.04 bits per heavy atom. The Morgan fingerprint density at radius 2 is 1.41 bits per heavy atom. The number of halogens is 1. The molecule has 1 heterocycles. The lowest BCUT2D eigenvalue weighted by Crippen LogP contribution is -2.22. The highest BCUT2D eigenvalue weighted by atomic mass is 19.1. The molecule has 0 aliphatic rings. The summed E-state index contributed by atoms with van der Waals surface area (Å²) in [6.07, 6.45) is 3.76. The van der Waals surface area contributed by atoms with Crippen LogP contribution in [0.5, 0.6) is 5.75 Å². The number of benzene rings is 2. The number of amides is 1. The average Bonchev–Trinajstić information content (AvgIpc) is 3.52. The number of para-hydroxylation sites is 1. The first-order valence-electron chi connectivity index (χ1n) is 16.3. The monoisotopic (exact) mass is 687 g/mol. The molecular weight excluding hydrogens is 641 g/mol. The van der Waals surface area contributed by atoms with Crippen LogP contribution in [0.2, 0.25) is 0 Å². The lowest BCUT2D eigenvalue weighted by Gasteiger charge is -2.09. The van der Waals surface area contributed by atoms with E-state index in [1.54, 1.807) is 6.07 Å². The molecule has 2 N–H and O–H groups in total. The number of nitrogens with zero attached hydrogens (tertiary/aromatic N) is 3. The third-order valence-corrected chi connectivity index (χ3v) is 6.94.